The summed E-state index contributed by atoms with van der Waals surface area (Å²) in [6.45, 7) is 5.05. The number of rotatable bonds is 8. The van der Waals surface area contributed by atoms with Crippen molar-refractivity contribution in [1.82, 2.24) is 5.32 Å². The smallest absolute Gasteiger partial charge is 0.101 e. The molecule has 1 aliphatic heterocycles. The predicted molar refractivity (Wildman–Crippen MR) is 65.1 cm³/mol. The second-order valence-electron chi connectivity index (χ2n) is 4.55. The van der Waals surface area contributed by atoms with Crippen molar-refractivity contribution < 1.29 is 19.3 Å². The predicted octanol–water partition coefficient (Wildman–Crippen LogP) is 0.167. The minimum absolute atomic E-state index is 0.00555. The lowest BCUT2D eigenvalue weighted by molar-refractivity contribution is -0.0727. The first-order chi connectivity index (χ1) is 8.22. The highest BCUT2D eigenvalue weighted by Gasteiger charge is 2.15. The largest absolute Gasteiger partial charge is 0.388 e. The van der Waals surface area contributed by atoms with Gasteiger partial charge in [-0.15, -0.1) is 0 Å². The molecule has 17 heavy (non-hydrogen) atoms. The number of hydrogen-bond donors (Lipinski definition) is 2. The van der Waals surface area contributed by atoms with E-state index in [-0.39, 0.29) is 12.2 Å². The first-order valence-electron chi connectivity index (χ1n) is 6.33. The van der Waals surface area contributed by atoms with Crippen LogP contribution < -0.4 is 5.32 Å². The summed E-state index contributed by atoms with van der Waals surface area (Å²) >= 11 is 0. The molecule has 3 atom stereocenters. The summed E-state index contributed by atoms with van der Waals surface area (Å²) < 4.78 is 16.0. The summed E-state index contributed by atoms with van der Waals surface area (Å²) in [5.74, 6) is 0. The van der Waals surface area contributed by atoms with E-state index in [9.17, 15) is 5.11 Å². The van der Waals surface area contributed by atoms with Gasteiger partial charge in [-0.25, -0.2) is 0 Å². The highest BCUT2D eigenvalue weighted by atomic mass is 16.5. The maximum atomic E-state index is 9.69. The van der Waals surface area contributed by atoms with Gasteiger partial charge in [0.2, 0.25) is 0 Å². The Kier molecular flexibility index (Phi) is 7.72. The number of hydrogen-bond acceptors (Lipinski definition) is 5. The van der Waals surface area contributed by atoms with Crippen molar-refractivity contribution in [3.05, 3.63) is 0 Å². The summed E-state index contributed by atoms with van der Waals surface area (Å²) in [5, 5.41) is 13.0. The molecule has 3 unspecified atom stereocenters. The molecule has 0 bridgehead atoms. The number of piperidine rings is 1. The summed E-state index contributed by atoms with van der Waals surface area (Å²) in [7, 11) is 1.63. The van der Waals surface area contributed by atoms with Gasteiger partial charge in [0.1, 0.15) is 6.10 Å². The summed E-state index contributed by atoms with van der Waals surface area (Å²) in [4.78, 5) is 0. The molecule has 1 saturated heterocycles. The third-order valence-corrected chi connectivity index (χ3v) is 2.75. The zero-order valence-electron chi connectivity index (χ0n) is 10.9. The molecule has 1 aliphatic rings. The van der Waals surface area contributed by atoms with Crippen LogP contribution in [0.15, 0.2) is 0 Å². The lowest BCUT2D eigenvalue weighted by atomic mass is 10.1. The van der Waals surface area contributed by atoms with Gasteiger partial charge in [0, 0.05) is 13.7 Å². The van der Waals surface area contributed by atoms with E-state index in [4.69, 9.17) is 14.2 Å². The van der Waals surface area contributed by atoms with E-state index in [0.717, 1.165) is 25.9 Å². The van der Waals surface area contributed by atoms with Gasteiger partial charge in [0.05, 0.1) is 32.0 Å². The first kappa shape index (κ1) is 14.9. The average molecular weight is 247 g/mol. The van der Waals surface area contributed by atoms with E-state index in [0.29, 0.717) is 19.8 Å². The van der Waals surface area contributed by atoms with Crippen LogP contribution >= 0.6 is 0 Å². The van der Waals surface area contributed by atoms with Gasteiger partial charge in [-0.1, -0.05) is 0 Å². The van der Waals surface area contributed by atoms with Crippen molar-refractivity contribution in [3.63, 3.8) is 0 Å². The first-order valence-corrected chi connectivity index (χ1v) is 6.33. The molecule has 0 aromatic heterocycles. The van der Waals surface area contributed by atoms with Gasteiger partial charge in [-0.2, -0.15) is 0 Å². The normalized spacial score (nSPS) is 24.5. The van der Waals surface area contributed by atoms with Crippen molar-refractivity contribution in [3.8, 4) is 0 Å². The molecule has 5 nitrogen and oxygen atoms in total. The highest BCUT2D eigenvalue weighted by Crippen LogP contribution is 2.06. The molecular formula is C12H25NO4. The molecule has 1 fully saturated rings. The number of ether oxygens (including phenoxy) is 3. The van der Waals surface area contributed by atoms with Crippen LogP contribution in [-0.4, -0.2) is 63.4 Å². The number of aliphatic hydroxyl groups excluding tert-OH is 1. The minimum atomic E-state index is -0.559. The Balaban J connectivity index is 2.01. The Labute approximate surface area is 103 Å². The SMILES string of the molecule is COCC(C)OCC(O)COC1CCCNC1. The Morgan fingerprint density at radius 1 is 1.35 bits per heavy atom. The van der Waals surface area contributed by atoms with Crippen molar-refractivity contribution >= 4 is 0 Å². The van der Waals surface area contributed by atoms with E-state index in [2.05, 4.69) is 5.32 Å². The summed E-state index contributed by atoms with van der Waals surface area (Å²) in [6.07, 6.45) is 1.89. The van der Waals surface area contributed by atoms with Gasteiger partial charge in [0.25, 0.3) is 0 Å². The topological polar surface area (TPSA) is 60.0 Å². The molecule has 1 heterocycles. The molecule has 0 aromatic carbocycles. The van der Waals surface area contributed by atoms with Gasteiger partial charge < -0.3 is 24.6 Å². The van der Waals surface area contributed by atoms with Crippen molar-refractivity contribution in [2.75, 3.05) is 40.0 Å². The Bertz CT molecular complexity index is 185. The van der Waals surface area contributed by atoms with E-state index >= 15 is 0 Å². The molecule has 0 aliphatic carbocycles. The fourth-order valence-corrected chi connectivity index (χ4v) is 1.82. The zero-order chi connectivity index (χ0) is 12.5. The van der Waals surface area contributed by atoms with Crippen molar-refractivity contribution in [2.24, 2.45) is 0 Å². The lowest BCUT2D eigenvalue weighted by Gasteiger charge is -2.24. The van der Waals surface area contributed by atoms with Crippen LogP contribution in [-0.2, 0) is 14.2 Å². The van der Waals surface area contributed by atoms with Gasteiger partial charge in [-0.05, 0) is 26.3 Å². The fraction of sp³-hybridized carbons (Fsp3) is 1.00. The Morgan fingerprint density at radius 2 is 2.18 bits per heavy atom. The molecule has 0 spiro atoms. The zero-order valence-corrected chi connectivity index (χ0v) is 10.9. The number of nitrogens with one attached hydrogen (secondary N) is 1. The van der Waals surface area contributed by atoms with Crippen molar-refractivity contribution in [1.29, 1.82) is 0 Å². The molecule has 5 heteroatoms. The highest BCUT2D eigenvalue weighted by molar-refractivity contribution is 4.69. The third kappa shape index (κ3) is 6.95. The lowest BCUT2D eigenvalue weighted by Crippen LogP contribution is -2.37. The summed E-state index contributed by atoms with van der Waals surface area (Å²) in [5.41, 5.74) is 0. The maximum absolute atomic E-state index is 9.69. The fourth-order valence-electron chi connectivity index (χ4n) is 1.82. The van der Waals surface area contributed by atoms with Crippen LogP contribution in [0, 0.1) is 0 Å². The molecule has 1 rings (SSSR count). The van der Waals surface area contributed by atoms with E-state index in [1.165, 1.54) is 0 Å². The monoisotopic (exact) mass is 247 g/mol. The Morgan fingerprint density at radius 3 is 2.82 bits per heavy atom. The number of methoxy groups -OCH3 is 1. The summed E-state index contributed by atoms with van der Waals surface area (Å²) in [6, 6.07) is 0. The van der Waals surface area contributed by atoms with Crippen LogP contribution in [0.3, 0.4) is 0 Å². The van der Waals surface area contributed by atoms with E-state index in [1.807, 2.05) is 6.92 Å². The molecule has 2 N–H and O–H groups in total. The molecular weight excluding hydrogens is 222 g/mol. The Hall–Kier alpha value is -0.200. The maximum Gasteiger partial charge on any atom is 0.101 e. The van der Waals surface area contributed by atoms with Crippen LogP contribution in [0.25, 0.3) is 0 Å². The quantitative estimate of drug-likeness (QED) is 0.640. The van der Waals surface area contributed by atoms with Crippen LogP contribution in [0.1, 0.15) is 19.8 Å². The molecule has 0 radical (unpaired) electrons. The average Bonchev–Trinajstić information content (AvgIpc) is 2.35. The van der Waals surface area contributed by atoms with E-state index in [1.54, 1.807) is 7.11 Å². The third-order valence-electron chi connectivity index (χ3n) is 2.75. The number of aliphatic hydroxyl groups is 1. The van der Waals surface area contributed by atoms with Crippen LogP contribution in [0.2, 0.25) is 0 Å². The molecule has 102 valence electrons. The van der Waals surface area contributed by atoms with Crippen LogP contribution in [0.4, 0.5) is 0 Å². The second-order valence-corrected chi connectivity index (χ2v) is 4.55. The van der Waals surface area contributed by atoms with Gasteiger partial charge >= 0.3 is 0 Å². The molecule has 0 amide bonds. The van der Waals surface area contributed by atoms with Crippen molar-refractivity contribution in [2.45, 2.75) is 38.1 Å². The van der Waals surface area contributed by atoms with Gasteiger partial charge in [0.15, 0.2) is 0 Å². The molecule has 0 saturated carbocycles. The van der Waals surface area contributed by atoms with E-state index < -0.39 is 6.10 Å². The standard InChI is InChI=1S/C12H25NO4/c1-10(7-15-2)16-8-11(14)9-17-12-4-3-5-13-6-12/h10-14H,3-9H2,1-2H3. The van der Waals surface area contributed by atoms with Gasteiger partial charge in [-0.3, -0.25) is 0 Å². The molecule has 0 aromatic rings. The van der Waals surface area contributed by atoms with Crippen LogP contribution in [0.5, 0.6) is 0 Å². The second kappa shape index (κ2) is 8.83. The minimum Gasteiger partial charge on any atom is -0.388 e.